The maximum Gasteiger partial charge on any atom is 0.194 e. The smallest absolute Gasteiger partial charge is 0.194 e. The van der Waals surface area contributed by atoms with Gasteiger partial charge in [-0.1, -0.05) is 96.0 Å². The van der Waals surface area contributed by atoms with E-state index < -0.39 is 0 Å². The number of benzene rings is 4. The van der Waals surface area contributed by atoms with Crippen LogP contribution in [-0.4, -0.2) is 56.7 Å². The van der Waals surface area contributed by atoms with Crippen molar-refractivity contribution in [1.82, 2.24) is 9.80 Å². The summed E-state index contributed by atoms with van der Waals surface area (Å²) >= 11 is 13.1. The van der Waals surface area contributed by atoms with Gasteiger partial charge >= 0.3 is 0 Å². The van der Waals surface area contributed by atoms with Crippen LogP contribution in [-0.2, 0) is 0 Å². The lowest BCUT2D eigenvalue weighted by Gasteiger charge is -2.22. The van der Waals surface area contributed by atoms with Gasteiger partial charge in [-0.15, -0.1) is 0 Å². The van der Waals surface area contributed by atoms with Gasteiger partial charge in [0.15, 0.2) is 11.6 Å². The highest BCUT2D eigenvalue weighted by atomic mass is 35.5. The molecule has 51 heavy (non-hydrogen) atoms. The normalized spacial score (nSPS) is 15.5. The van der Waals surface area contributed by atoms with Crippen LogP contribution in [0.25, 0.3) is 22.3 Å². The molecule has 7 heteroatoms. The maximum absolute atomic E-state index is 13.4. The van der Waals surface area contributed by atoms with Crippen LogP contribution >= 0.6 is 23.2 Å². The van der Waals surface area contributed by atoms with E-state index in [1.54, 1.807) is 13.2 Å². The van der Waals surface area contributed by atoms with Crippen molar-refractivity contribution in [3.05, 3.63) is 181 Å². The summed E-state index contributed by atoms with van der Waals surface area (Å²) in [6.45, 7) is 2.00. The van der Waals surface area contributed by atoms with Gasteiger partial charge in [0.1, 0.15) is 5.75 Å². The standard InChI is InChI=1S/C22H18ClNO2.C22H18ClNO/c1-24(2)13-11-17-14-7-4-5-8-15(14)22(25)20(18(17)12-13)16-9-6-10-19(26-3)21(16)23;1-13-8-9-17(20(23)10-13)21-19-12-14(24(2)3)11-18(19)15-6-4-5-7-16(15)22(21)25/h4-12H,1-3H3;4-12H,1-3H3. The van der Waals surface area contributed by atoms with Crippen molar-refractivity contribution < 1.29 is 14.3 Å². The number of carbonyl (C=O) groups is 2. The molecule has 0 aliphatic heterocycles. The van der Waals surface area contributed by atoms with Gasteiger partial charge in [-0.05, 0) is 82.3 Å². The number of allylic oxidation sites excluding steroid dienone is 10. The highest BCUT2D eigenvalue weighted by Gasteiger charge is 2.34. The molecule has 0 amide bonds. The largest absolute Gasteiger partial charge is 0.495 e. The topological polar surface area (TPSA) is 49.9 Å². The van der Waals surface area contributed by atoms with E-state index in [0.29, 0.717) is 38.1 Å². The Morgan fingerprint density at radius 3 is 1.49 bits per heavy atom. The third-order valence-electron chi connectivity index (χ3n) is 9.55. The zero-order chi connectivity index (χ0) is 36.1. The van der Waals surface area contributed by atoms with Gasteiger partial charge in [-0.3, -0.25) is 9.59 Å². The summed E-state index contributed by atoms with van der Waals surface area (Å²) in [4.78, 5) is 30.7. The molecule has 254 valence electrons. The van der Waals surface area contributed by atoms with E-state index in [9.17, 15) is 9.59 Å². The Balaban J connectivity index is 0.000000159. The van der Waals surface area contributed by atoms with Gasteiger partial charge in [0.25, 0.3) is 0 Å². The third-order valence-corrected chi connectivity index (χ3v) is 10.2. The Kier molecular flexibility index (Phi) is 8.96. The van der Waals surface area contributed by atoms with E-state index in [-0.39, 0.29) is 11.6 Å². The molecule has 0 bridgehead atoms. The minimum Gasteiger partial charge on any atom is -0.495 e. The second kappa shape index (κ2) is 13.4. The van der Waals surface area contributed by atoms with Gasteiger partial charge in [0.2, 0.25) is 0 Å². The molecule has 4 aliphatic rings. The molecule has 0 saturated heterocycles. The Bertz CT molecular complexity index is 2370. The van der Waals surface area contributed by atoms with Gasteiger partial charge in [0, 0.05) is 78.0 Å². The molecule has 4 aliphatic carbocycles. The molecule has 0 N–H and O–H groups in total. The summed E-state index contributed by atoms with van der Waals surface area (Å²) in [5.41, 5.74) is 13.4. The lowest BCUT2D eigenvalue weighted by atomic mass is 9.80. The Morgan fingerprint density at radius 2 is 1.02 bits per heavy atom. The van der Waals surface area contributed by atoms with Crippen LogP contribution in [0.1, 0.15) is 48.5 Å². The number of likely N-dealkylation sites (N-methyl/N-ethyl adjacent to an activating group) is 2. The number of hydrogen-bond acceptors (Lipinski definition) is 5. The van der Waals surface area contributed by atoms with Crippen molar-refractivity contribution in [2.75, 3.05) is 35.3 Å². The fourth-order valence-electron chi connectivity index (χ4n) is 6.93. The van der Waals surface area contributed by atoms with Crippen LogP contribution in [0.5, 0.6) is 5.75 Å². The number of hydrogen-bond donors (Lipinski definition) is 0. The van der Waals surface area contributed by atoms with Crippen molar-refractivity contribution in [3.63, 3.8) is 0 Å². The fourth-order valence-corrected chi connectivity index (χ4v) is 7.55. The SMILES string of the molecule is COc1cccc(C2=C3C=C(N(C)C)C=C3c3ccccc3C2=O)c1Cl.Cc1ccc(C2=C3C=C(N(C)C)C=C3c3ccccc3C2=O)c(Cl)c1. The first-order valence-corrected chi connectivity index (χ1v) is 17.3. The highest BCUT2D eigenvalue weighted by molar-refractivity contribution is 6.42. The predicted octanol–water partition coefficient (Wildman–Crippen LogP) is 9.98. The summed E-state index contributed by atoms with van der Waals surface area (Å²) in [6.07, 6.45) is 8.39. The predicted molar refractivity (Wildman–Crippen MR) is 209 cm³/mol. The number of rotatable bonds is 5. The summed E-state index contributed by atoms with van der Waals surface area (Å²) in [5.74, 6) is 0.577. The zero-order valence-corrected chi connectivity index (χ0v) is 30.8. The average molecular weight is 712 g/mol. The third kappa shape index (κ3) is 5.86. The number of nitrogens with zero attached hydrogens (tertiary/aromatic N) is 2. The first kappa shape index (κ1) is 34.1. The molecule has 8 rings (SSSR count). The molecule has 0 radical (unpaired) electrons. The number of carbonyl (C=O) groups excluding carboxylic acids is 2. The van der Waals surface area contributed by atoms with Crippen LogP contribution in [0.4, 0.5) is 0 Å². The first-order valence-electron chi connectivity index (χ1n) is 16.6. The molecule has 0 unspecified atom stereocenters. The molecule has 4 aromatic carbocycles. The Morgan fingerprint density at radius 1 is 0.549 bits per heavy atom. The van der Waals surface area contributed by atoms with Crippen LogP contribution in [0.3, 0.4) is 0 Å². The maximum atomic E-state index is 13.4. The number of ketones is 2. The fraction of sp³-hybridized carbons (Fsp3) is 0.136. The molecule has 0 spiro atoms. The molecule has 0 heterocycles. The summed E-state index contributed by atoms with van der Waals surface area (Å²) in [5, 5.41) is 1.07. The first-order chi connectivity index (χ1) is 24.5. The lowest BCUT2D eigenvalue weighted by molar-refractivity contribution is 0.104. The van der Waals surface area contributed by atoms with Gasteiger partial charge in [-0.25, -0.2) is 0 Å². The van der Waals surface area contributed by atoms with Crippen LogP contribution in [0, 0.1) is 6.92 Å². The zero-order valence-electron chi connectivity index (χ0n) is 29.3. The van der Waals surface area contributed by atoms with E-state index in [1.165, 1.54) is 0 Å². The summed E-state index contributed by atoms with van der Waals surface area (Å²) < 4.78 is 5.35. The van der Waals surface area contributed by atoms with Crippen molar-refractivity contribution in [2.45, 2.75) is 6.92 Å². The number of halogens is 2. The van der Waals surface area contributed by atoms with Crippen LogP contribution in [0.15, 0.2) is 132 Å². The minimum absolute atomic E-state index is 0.0147. The summed E-state index contributed by atoms with van der Waals surface area (Å²) in [7, 11) is 9.57. The van der Waals surface area contributed by atoms with E-state index >= 15 is 0 Å². The average Bonchev–Trinajstić information content (AvgIpc) is 3.77. The van der Waals surface area contributed by atoms with Crippen LogP contribution in [0.2, 0.25) is 10.0 Å². The van der Waals surface area contributed by atoms with Gasteiger partial charge in [0.05, 0.1) is 12.1 Å². The number of Topliss-reactive ketones (excluding diaryl/α,β-unsaturated/α-hetero) is 2. The van der Waals surface area contributed by atoms with Crippen molar-refractivity contribution in [2.24, 2.45) is 0 Å². The molecule has 4 aromatic rings. The molecule has 0 aromatic heterocycles. The number of ether oxygens (including phenoxy) is 1. The molecule has 0 atom stereocenters. The number of fused-ring (bicyclic) bond motifs is 6. The van der Waals surface area contributed by atoms with E-state index in [4.69, 9.17) is 27.9 Å². The minimum atomic E-state index is -0.0147. The van der Waals surface area contributed by atoms with Crippen LogP contribution < -0.4 is 4.74 Å². The molecule has 0 fully saturated rings. The number of methoxy groups -OCH3 is 1. The lowest BCUT2D eigenvalue weighted by Crippen LogP contribution is -2.14. The molecule has 5 nitrogen and oxygen atoms in total. The van der Waals surface area contributed by atoms with E-state index in [2.05, 4.69) is 23.1 Å². The van der Waals surface area contributed by atoms with Crippen molar-refractivity contribution in [1.29, 1.82) is 0 Å². The summed E-state index contributed by atoms with van der Waals surface area (Å²) in [6, 6.07) is 26.9. The van der Waals surface area contributed by atoms with E-state index in [0.717, 1.165) is 61.5 Å². The molecular formula is C44H36Cl2N2O3. The highest BCUT2D eigenvalue weighted by Crippen LogP contribution is 2.47. The second-order valence-electron chi connectivity index (χ2n) is 13.2. The van der Waals surface area contributed by atoms with Crippen molar-refractivity contribution in [3.8, 4) is 5.75 Å². The molecular weight excluding hydrogens is 675 g/mol. The van der Waals surface area contributed by atoms with Gasteiger partial charge < -0.3 is 14.5 Å². The Labute approximate surface area is 308 Å². The van der Waals surface area contributed by atoms with Crippen molar-refractivity contribution >= 4 is 57.1 Å². The monoisotopic (exact) mass is 710 g/mol. The Hall–Kier alpha value is -5.36. The quantitative estimate of drug-likeness (QED) is 0.206. The second-order valence-corrected chi connectivity index (χ2v) is 14.0. The van der Waals surface area contributed by atoms with E-state index in [1.807, 2.05) is 125 Å². The van der Waals surface area contributed by atoms with Gasteiger partial charge in [-0.2, -0.15) is 0 Å². The number of aryl methyl sites for hydroxylation is 1. The molecule has 0 saturated carbocycles.